The molecule has 128 valence electrons. The van der Waals surface area contributed by atoms with Crippen LogP contribution in [-0.2, 0) is 0 Å². The highest BCUT2D eigenvalue weighted by Gasteiger charge is 2.43. The number of ether oxygens (including phenoxy) is 1. The van der Waals surface area contributed by atoms with Crippen LogP contribution in [0.3, 0.4) is 0 Å². The number of amides is 1. The van der Waals surface area contributed by atoms with Crippen molar-refractivity contribution in [3.05, 3.63) is 65.0 Å². The van der Waals surface area contributed by atoms with E-state index in [9.17, 15) is 14.3 Å². The van der Waals surface area contributed by atoms with Crippen molar-refractivity contribution < 1.29 is 19.0 Å². The summed E-state index contributed by atoms with van der Waals surface area (Å²) >= 11 is 0. The largest absolute Gasteiger partial charge is 0.485 e. The van der Waals surface area contributed by atoms with Gasteiger partial charge < -0.3 is 15.2 Å². The number of benzene rings is 2. The average Bonchev–Trinajstić information content (AvgIpc) is 2.58. The zero-order valence-electron chi connectivity index (χ0n) is 13.8. The summed E-state index contributed by atoms with van der Waals surface area (Å²) in [7, 11) is 0. The smallest absolute Gasteiger partial charge is 0.254 e. The number of rotatable bonds is 2. The zero-order chi connectivity index (χ0) is 18.2. The fourth-order valence-corrected chi connectivity index (χ4v) is 2.89. The van der Waals surface area contributed by atoms with E-state index in [4.69, 9.17) is 10.00 Å². The van der Waals surface area contributed by atoms with Crippen molar-refractivity contribution >= 4 is 5.91 Å². The molecular weight excluding hydrogens is 323 g/mol. The topological polar surface area (TPSA) is 82.3 Å². The lowest BCUT2D eigenvalue weighted by molar-refractivity contribution is -0.0627. The molecule has 0 aromatic heterocycles. The third kappa shape index (κ3) is 3.06. The van der Waals surface area contributed by atoms with Gasteiger partial charge in [0.05, 0.1) is 23.2 Å². The first-order valence-corrected chi connectivity index (χ1v) is 7.80. The van der Waals surface area contributed by atoms with Crippen LogP contribution < -0.4 is 10.1 Å². The highest BCUT2D eigenvalue weighted by molar-refractivity contribution is 5.94. The molecule has 2 aromatic carbocycles. The van der Waals surface area contributed by atoms with Crippen LogP contribution in [0.1, 0.15) is 41.4 Å². The molecule has 0 bridgehead atoms. The summed E-state index contributed by atoms with van der Waals surface area (Å²) in [6.07, 6.45) is -1.08. The molecule has 2 N–H and O–H groups in total. The molecule has 2 atom stereocenters. The zero-order valence-corrected chi connectivity index (χ0v) is 13.8. The Morgan fingerprint density at radius 1 is 1.32 bits per heavy atom. The maximum absolute atomic E-state index is 13.9. The molecule has 1 amide bonds. The number of carbonyl (C=O) groups excluding carboxylic acids is 1. The molecule has 0 fully saturated rings. The van der Waals surface area contributed by atoms with Crippen LogP contribution in [0.5, 0.6) is 5.75 Å². The predicted molar refractivity (Wildman–Crippen MR) is 88.5 cm³/mol. The summed E-state index contributed by atoms with van der Waals surface area (Å²) in [6.45, 7) is 3.39. The standard InChI is InChI=1S/C19H17FN2O3/c1-19(2)17(23)16(13-9-11(10-21)7-8-15(13)25-19)22-18(24)12-5-3-4-6-14(12)20/h3-9,16-17,23H,1-2H3,(H,22,24). The summed E-state index contributed by atoms with van der Waals surface area (Å²) in [6, 6.07) is 11.6. The summed E-state index contributed by atoms with van der Waals surface area (Å²) in [5.74, 6) is -0.826. The molecule has 1 heterocycles. The second kappa shape index (κ2) is 6.19. The number of fused-ring (bicyclic) bond motifs is 1. The van der Waals surface area contributed by atoms with Crippen LogP contribution >= 0.6 is 0 Å². The average molecular weight is 340 g/mol. The minimum Gasteiger partial charge on any atom is -0.485 e. The molecule has 5 nitrogen and oxygen atoms in total. The number of carbonyl (C=O) groups is 1. The van der Waals surface area contributed by atoms with Crippen molar-refractivity contribution in [1.29, 1.82) is 5.26 Å². The number of hydrogen-bond acceptors (Lipinski definition) is 4. The van der Waals surface area contributed by atoms with E-state index in [1.807, 2.05) is 6.07 Å². The number of nitriles is 1. The van der Waals surface area contributed by atoms with E-state index in [1.54, 1.807) is 38.1 Å². The fourth-order valence-electron chi connectivity index (χ4n) is 2.89. The van der Waals surface area contributed by atoms with Crippen molar-refractivity contribution in [3.63, 3.8) is 0 Å². The highest BCUT2D eigenvalue weighted by atomic mass is 19.1. The first kappa shape index (κ1) is 16.9. The summed E-state index contributed by atoms with van der Waals surface area (Å²) in [5, 5.41) is 22.4. The lowest BCUT2D eigenvalue weighted by atomic mass is 9.85. The van der Waals surface area contributed by atoms with Gasteiger partial charge in [-0.1, -0.05) is 12.1 Å². The Morgan fingerprint density at radius 2 is 2.04 bits per heavy atom. The van der Waals surface area contributed by atoms with Gasteiger partial charge in [0, 0.05) is 5.56 Å². The number of halogens is 1. The van der Waals surface area contributed by atoms with Crippen LogP contribution in [0.25, 0.3) is 0 Å². The van der Waals surface area contributed by atoms with Gasteiger partial charge in [-0.2, -0.15) is 5.26 Å². The number of nitrogens with one attached hydrogen (secondary N) is 1. The molecule has 6 heteroatoms. The van der Waals surface area contributed by atoms with E-state index in [2.05, 4.69) is 5.32 Å². The van der Waals surface area contributed by atoms with Gasteiger partial charge in [0.15, 0.2) is 0 Å². The van der Waals surface area contributed by atoms with Crippen LogP contribution in [0.15, 0.2) is 42.5 Å². The van der Waals surface area contributed by atoms with E-state index in [0.29, 0.717) is 16.9 Å². The summed E-state index contributed by atoms with van der Waals surface area (Å²) < 4.78 is 19.7. The molecule has 0 radical (unpaired) electrons. The van der Waals surface area contributed by atoms with E-state index in [1.165, 1.54) is 18.2 Å². The van der Waals surface area contributed by atoms with Crippen LogP contribution in [0, 0.1) is 17.1 Å². The van der Waals surface area contributed by atoms with Crippen LogP contribution in [-0.4, -0.2) is 22.7 Å². The van der Waals surface area contributed by atoms with E-state index in [0.717, 1.165) is 0 Å². The highest BCUT2D eigenvalue weighted by Crippen LogP contribution is 2.40. The van der Waals surface area contributed by atoms with Gasteiger partial charge in [0.25, 0.3) is 5.91 Å². The molecule has 2 unspecified atom stereocenters. The molecular formula is C19H17FN2O3. The molecule has 2 aromatic rings. The van der Waals surface area contributed by atoms with Crippen LogP contribution in [0.2, 0.25) is 0 Å². The minimum absolute atomic E-state index is 0.114. The van der Waals surface area contributed by atoms with Gasteiger partial charge in [-0.15, -0.1) is 0 Å². The van der Waals surface area contributed by atoms with Crippen molar-refractivity contribution in [1.82, 2.24) is 5.32 Å². The third-order valence-electron chi connectivity index (χ3n) is 4.28. The molecule has 1 aliphatic heterocycles. The lowest BCUT2D eigenvalue weighted by Gasteiger charge is -2.42. The number of aliphatic hydroxyl groups excluding tert-OH is 1. The minimum atomic E-state index is -1.08. The Labute approximate surface area is 144 Å². The van der Waals surface area contributed by atoms with Crippen molar-refractivity contribution in [2.24, 2.45) is 0 Å². The van der Waals surface area contributed by atoms with Gasteiger partial charge in [-0.25, -0.2) is 4.39 Å². The molecule has 0 spiro atoms. The number of aliphatic hydroxyl groups is 1. The molecule has 25 heavy (non-hydrogen) atoms. The Kier molecular flexibility index (Phi) is 4.19. The molecule has 0 saturated heterocycles. The van der Waals surface area contributed by atoms with Gasteiger partial charge >= 0.3 is 0 Å². The monoisotopic (exact) mass is 340 g/mol. The fraction of sp³-hybridized carbons (Fsp3) is 0.263. The van der Waals surface area contributed by atoms with Crippen molar-refractivity contribution in [2.45, 2.75) is 31.6 Å². The molecule has 0 saturated carbocycles. The summed E-state index contributed by atoms with van der Waals surface area (Å²) in [5.41, 5.74) is -0.221. The van der Waals surface area contributed by atoms with Crippen molar-refractivity contribution in [2.75, 3.05) is 0 Å². The Hall–Kier alpha value is -2.91. The molecule has 0 aliphatic carbocycles. The lowest BCUT2D eigenvalue weighted by Crippen LogP contribution is -2.53. The quantitative estimate of drug-likeness (QED) is 0.881. The first-order chi connectivity index (χ1) is 11.8. The first-order valence-electron chi connectivity index (χ1n) is 7.80. The second-order valence-electron chi connectivity index (χ2n) is 6.45. The Morgan fingerprint density at radius 3 is 2.72 bits per heavy atom. The van der Waals surface area contributed by atoms with Gasteiger partial charge in [-0.3, -0.25) is 4.79 Å². The SMILES string of the molecule is CC1(C)Oc2ccc(C#N)cc2C(NC(=O)c2ccccc2F)C1O. The van der Waals surface area contributed by atoms with Gasteiger partial charge in [0.2, 0.25) is 0 Å². The Bertz CT molecular complexity index is 873. The van der Waals surface area contributed by atoms with Crippen molar-refractivity contribution in [3.8, 4) is 11.8 Å². The van der Waals surface area contributed by atoms with E-state index in [-0.39, 0.29) is 5.56 Å². The van der Waals surface area contributed by atoms with Crippen LogP contribution in [0.4, 0.5) is 4.39 Å². The second-order valence-corrected chi connectivity index (χ2v) is 6.45. The maximum Gasteiger partial charge on any atom is 0.254 e. The third-order valence-corrected chi connectivity index (χ3v) is 4.28. The normalized spacial score (nSPS) is 20.8. The molecule has 3 rings (SSSR count). The molecule has 1 aliphatic rings. The Balaban J connectivity index is 2.01. The van der Waals surface area contributed by atoms with E-state index < -0.39 is 29.5 Å². The van der Waals surface area contributed by atoms with Gasteiger partial charge in [0.1, 0.15) is 23.3 Å². The summed E-state index contributed by atoms with van der Waals surface area (Å²) in [4.78, 5) is 12.5. The maximum atomic E-state index is 13.9. The van der Waals surface area contributed by atoms with Gasteiger partial charge in [-0.05, 0) is 44.2 Å². The van der Waals surface area contributed by atoms with E-state index >= 15 is 0 Å². The predicted octanol–water partition coefficient (Wildman–Crippen LogP) is 2.70. The number of nitrogens with zero attached hydrogens (tertiary/aromatic N) is 1. The number of hydrogen-bond donors (Lipinski definition) is 2.